The maximum atomic E-state index is 12.4. The number of hydrogen-bond donors (Lipinski definition) is 1. The Hall–Kier alpha value is -1.93. The Morgan fingerprint density at radius 1 is 1.19 bits per heavy atom. The fourth-order valence-corrected chi connectivity index (χ4v) is 5.04. The van der Waals surface area contributed by atoms with E-state index in [0.717, 1.165) is 41.8 Å². The number of esters is 1. The summed E-state index contributed by atoms with van der Waals surface area (Å²) in [5.41, 5.74) is 4.48. The molecule has 6 nitrogen and oxygen atoms in total. The molecule has 0 fully saturated rings. The number of fused-ring (bicyclic) bond motifs is 1. The smallest absolute Gasteiger partial charge is 0.341 e. The monoisotopic (exact) mass is 405 g/mol. The summed E-state index contributed by atoms with van der Waals surface area (Å²) in [4.78, 5) is 34.8. The summed E-state index contributed by atoms with van der Waals surface area (Å²) in [6.07, 6.45) is 2.86. The number of nitrogens with one attached hydrogen (secondary N) is 1. The number of ether oxygens (including phenoxy) is 1. The molecule has 0 saturated carbocycles. The zero-order valence-corrected chi connectivity index (χ0v) is 17.6. The highest BCUT2D eigenvalue weighted by Gasteiger charge is 2.28. The van der Waals surface area contributed by atoms with Crippen LogP contribution in [0.1, 0.15) is 51.1 Å². The molecule has 2 heterocycles. The van der Waals surface area contributed by atoms with Crippen molar-refractivity contribution in [2.45, 2.75) is 52.1 Å². The van der Waals surface area contributed by atoms with Crippen molar-refractivity contribution in [3.05, 3.63) is 33.0 Å². The average molecular weight is 406 g/mol. The minimum Gasteiger partial charge on any atom is -0.462 e. The quantitative estimate of drug-likeness (QED) is 0.446. The molecule has 1 amide bonds. The molecule has 8 heteroatoms. The molecule has 1 aliphatic carbocycles. The topological polar surface area (TPSA) is 81.2 Å². The average Bonchev–Trinajstić information content (AvgIpc) is 3.18. The predicted octanol–water partition coefficient (Wildman–Crippen LogP) is 3.86. The van der Waals surface area contributed by atoms with E-state index in [4.69, 9.17) is 4.74 Å². The molecule has 2 aromatic rings. The fraction of sp³-hybridized carbons (Fsp3) is 0.474. The van der Waals surface area contributed by atoms with Gasteiger partial charge in [0.2, 0.25) is 5.91 Å². The molecular formula is C19H23N3O3S2. The zero-order valence-electron chi connectivity index (χ0n) is 16.0. The van der Waals surface area contributed by atoms with Gasteiger partial charge < -0.3 is 10.1 Å². The number of amides is 1. The van der Waals surface area contributed by atoms with Gasteiger partial charge in [0.15, 0.2) is 5.16 Å². The lowest BCUT2D eigenvalue weighted by molar-refractivity contribution is -0.113. The van der Waals surface area contributed by atoms with Gasteiger partial charge in [-0.25, -0.2) is 14.8 Å². The number of carbonyl (C=O) groups excluding carboxylic acids is 2. The van der Waals surface area contributed by atoms with E-state index in [-0.39, 0.29) is 17.6 Å². The van der Waals surface area contributed by atoms with Crippen molar-refractivity contribution in [3.63, 3.8) is 0 Å². The second-order valence-electron chi connectivity index (χ2n) is 6.42. The van der Waals surface area contributed by atoms with Gasteiger partial charge in [-0.1, -0.05) is 11.8 Å². The van der Waals surface area contributed by atoms with E-state index in [0.29, 0.717) is 22.3 Å². The van der Waals surface area contributed by atoms with Gasteiger partial charge in [0.05, 0.1) is 17.9 Å². The largest absolute Gasteiger partial charge is 0.462 e. The van der Waals surface area contributed by atoms with E-state index < -0.39 is 0 Å². The summed E-state index contributed by atoms with van der Waals surface area (Å²) in [5.74, 6) is -0.342. The van der Waals surface area contributed by atoms with Crippen LogP contribution in [0.4, 0.5) is 5.00 Å². The standard InChI is InChI=1S/C19H23N3O3S2/c1-5-25-18(24)16-13-7-6-8-14(13)27-17(16)22-15(23)9-26-19-20-11(3)10(2)12(4)21-19/h5-9H2,1-4H3,(H,22,23). The summed E-state index contributed by atoms with van der Waals surface area (Å²) in [5, 5.41) is 4.08. The molecule has 0 atom stereocenters. The number of hydrogen-bond acceptors (Lipinski definition) is 7. The lowest BCUT2D eigenvalue weighted by atomic mass is 10.1. The van der Waals surface area contributed by atoms with Gasteiger partial charge in [0.1, 0.15) is 5.00 Å². The summed E-state index contributed by atoms with van der Waals surface area (Å²) in [7, 11) is 0. The number of thioether (sulfide) groups is 1. The van der Waals surface area contributed by atoms with Crippen molar-refractivity contribution in [2.75, 3.05) is 17.7 Å². The van der Waals surface area contributed by atoms with Gasteiger partial charge in [0.25, 0.3) is 0 Å². The van der Waals surface area contributed by atoms with Crippen molar-refractivity contribution in [3.8, 4) is 0 Å². The molecule has 144 valence electrons. The van der Waals surface area contributed by atoms with E-state index in [1.165, 1.54) is 28.0 Å². The molecule has 0 radical (unpaired) electrons. The van der Waals surface area contributed by atoms with Gasteiger partial charge in [-0.15, -0.1) is 11.3 Å². The third-order valence-corrected chi connectivity index (χ3v) is 6.65. The number of thiophene rings is 1. The van der Waals surface area contributed by atoms with Crippen LogP contribution in [0.2, 0.25) is 0 Å². The van der Waals surface area contributed by atoms with Crippen molar-refractivity contribution >= 4 is 40.0 Å². The molecule has 3 rings (SSSR count). The first-order valence-corrected chi connectivity index (χ1v) is 10.8. The molecule has 0 bridgehead atoms. The first kappa shape index (κ1) is 19.8. The van der Waals surface area contributed by atoms with Gasteiger partial charge in [-0.2, -0.15) is 0 Å². The minimum atomic E-state index is -0.354. The first-order chi connectivity index (χ1) is 12.9. The molecule has 0 spiro atoms. The molecule has 0 aromatic carbocycles. The van der Waals surface area contributed by atoms with E-state index in [2.05, 4.69) is 15.3 Å². The number of nitrogens with zero attached hydrogens (tertiary/aromatic N) is 2. The number of carbonyl (C=O) groups is 2. The molecule has 27 heavy (non-hydrogen) atoms. The number of aryl methyl sites for hydroxylation is 3. The van der Waals surface area contributed by atoms with Gasteiger partial charge >= 0.3 is 5.97 Å². The molecule has 0 saturated heterocycles. The fourth-order valence-electron chi connectivity index (χ4n) is 3.01. The number of anilines is 1. The van der Waals surface area contributed by atoms with Crippen LogP contribution in [-0.2, 0) is 22.4 Å². The van der Waals surface area contributed by atoms with Crippen LogP contribution in [0.5, 0.6) is 0 Å². The van der Waals surface area contributed by atoms with Crippen LogP contribution >= 0.6 is 23.1 Å². The van der Waals surface area contributed by atoms with E-state index in [1.807, 2.05) is 20.8 Å². The Balaban J connectivity index is 1.70. The van der Waals surface area contributed by atoms with Crippen LogP contribution in [0, 0.1) is 20.8 Å². The summed E-state index contributed by atoms with van der Waals surface area (Å²) >= 11 is 2.78. The Labute approximate surface area is 167 Å². The number of aromatic nitrogens is 2. The second-order valence-corrected chi connectivity index (χ2v) is 8.47. The molecule has 1 N–H and O–H groups in total. The van der Waals surface area contributed by atoms with Gasteiger partial charge in [-0.05, 0) is 58.1 Å². The molecule has 0 aliphatic heterocycles. The Morgan fingerprint density at radius 3 is 2.56 bits per heavy atom. The lowest BCUT2D eigenvalue weighted by Gasteiger charge is -2.09. The maximum Gasteiger partial charge on any atom is 0.341 e. The Bertz CT molecular complexity index is 870. The van der Waals surface area contributed by atoms with Crippen LogP contribution in [0.25, 0.3) is 0 Å². The van der Waals surface area contributed by atoms with Crippen molar-refractivity contribution in [1.82, 2.24) is 9.97 Å². The summed E-state index contributed by atoms with van der Waals surface area (Å²) in [6.45, 7) is 7.96. The second kappa shape index (κ2) is 8.39. The van der Waals surface area contributed by atoms with Gasteiger partial charge in [0, 0.05) is 16.3 Å². The SMILES string of the molecule is CCOC(=O)c1c(NC(=O)CSc2nc(C)c(C)c(C)n2)sc2c1CCC2. The summed E-state index contributed by atoms with van der Waals surface area (Å²) in [6, 6.07) is 0. The number of rotatable bonds is 6. The summed E-state index contributed by atoms with van der Waals surface area (Å²) < 4.78 is 5.19. The third-order valence-electron chi connectivity index (χ3n) is 4.60. The minimum absolute atomic E-state index is 0.176. The normalized spacial score (nSPS) is 12.7. The predicted molar refractivity (Wildman–Crippen MR) is 108 cm³/mol. The highest BCUT2D eigenvalue weighted by Crippen LogP contribution is 2.39. The Morgan fingerprint density at radius 2 is 1.89 bits per heavy atom. The van der Waals surface area contributed by atoms with Crippen molar-refractivity contribution in [1.29, 1.82) is 0 Å². The molecular weight excluding hydrogens is 382 g/mol. The van der Waals surface area contributed by atoms with Crippen molar-refractivity contribution < 1.29 is 14.3 Å². The van der Waals surface area contributed by atoms with Crippen LogP contribution in [0.15, 0.2) is 5.16 Å². The van der Waals surface area contributed by atoms with Crippen LogP contribution in [0.3, 0.4) is 0 Å². The third kappa shape index (κ3) is 4.32. The van der Waals surface area contributed by atoms with E-state index >= 15 is 0 Å². The first-order valence-electron chi connectivity index (χ1n) is 8.96. The van der Waals surface area contributed by atoms with Crippen LogP contribution in [-0.4, -0.2) is 34.2 Å². The highest BCUT2D eigenvalue weighted by atomic mass is 32.2. The lowest BCUT2D eigenvalue weighted by Crippen LogP contribution is -2.17. The van der Waals surface area contributed by atoms with E-state index in [9.17, 15) is 9.59 Å². The zero-order chi connectivity index (χ0) is 19.6. The molecule has 0 unspecified atom stereocenters. The highest BCUT2D eigenvalue weighted by molar-refractivity contribution is 7.99. The Kier molecular flexibility index (Phi) is 6.16. The molecule has 1 aliphatic rings. The molecule has 2 aromatic heterocycles. The van der Waals surface area contributed by atoms with Crippen molar-refractivity contribution in [2.24, 2.45) is 0 Å². The van der Waals surface area contributed by atoms with Gasteiger partial charge in [-0.3, -0.25) is 4.79 Å². The van der Waals surface area contributed by atoms with Crippen LogP contribution < -0.4 is 5.32 Å². The van der Waals surface area contributed by atoms with E-state index in [1.54, 1.807) is 6.92 Å². The maximum absolute atomic E-state index is 12.4.